The van der Waals surface area contributed by atoms with Crippen molar-refractivity contribution in [3.8, 4) is 0 Å². The van der Waals surface area contributed by atoms with Gasteiger partial charge in [-0.3, -0.25) is 0 Å². The Labute approximate surface area is 148 Å². The average molecular weight is 341 g/mol. The van der Waals surface area contributed by atoms with E-state index < -0.39 is 0 Å². The Bertz CT molecular complexity index is 740. The number of hydrogen-bond acceptors (Lipinski definition) is 2. The molecule has 3 heterocycles. The van der Waals surface area contributed by atoms with Crippen LogP contribution in [-0.4, -0.2) is 47.8 Å². The Morgan fingerprint density at radius 2 is 2.16 bits per heavy atom. The maximum absolute atomic E-state index is 12.5. The molecule has 2 fully saturated rings. The molecule has 5 nitrogen and oxygen atoms in total. The molecular weight excluding hydrogens is 314 g/mol. The molecule has 0 spiro atoms. The van der Waals surface area contributed by atoms with Gasteiger partial charge < -0.3 is 19.9 Å². The second-order valence-corrected chi connectivity index (χ2v) is 7.61. The molecule has 2 saturated heterocycles. The zero-order valence-electron chi connectivity index (χ0n) is 14.9. The molecule has 0 radical (unpaired) electrons. The second kappa shape index (κ2) is 6.71. The number of ether oxygens (including phenoxy) is 1. The number of piperidine rings is 1. The molecule has 1 aromatic heterocycles. The quantitative estimate of drug-likeness (QED) is 0.896. The summed E-state index contributed by atoms with van der Waals surface area (Å²) in [6, 6.07) is 8.50. The van der Waals surface area contributed by atoms with Gasteiger partial charge in [0.05, 0.1) is 5.60 Å². The van der Waals surface area contributed by atoms with E-state index in [9.17, 15) is 4.79 Å². The Morgan fingerprint density at radius 1 is 1.36 bits per heavy atom. The number of aromatic amines is 1. The van der Waals surface area contributed by atoms with Crippen molar-refractivity contribution in [1.29, 1.82) is 0 Å². The lowest BCUT2D eigenvalue weighted by Crippen LogP contribution is -2.48. The first kappa shape index (κ1) is 16.5. The normalized spacial score (nSPS) is 24.8. The number of nitrogens with zero attached hydrogens (tertiary/aromatic N) is 1. The molecule has 0 saturated carbocycles. The van der Waals surface area contributed by atoms with Gasteiger partial charge in [-0.1, -0.05) is 18.2 Å². The Kier molecular flexibility index (Phi) is 4.42. The topological polar surface area (TPSA) is 57.4 Å². The van der Waals surface area contributed by atoms with E-state index in [1.54, 1.807) is 0 Å². The monoisotopic (exact) mass is 341 g/mol. The van der Waals surface area contributed by atoms with Crippen molar-refractivity contribution in [3.63, 3.8) is 0 Å². The molecule has 1 aromatic carbocycles. The van der Waals surface area contributed by atoms with Crippen molar-refractivity contribution >= 4 is 16.9 Å². The number of hydrogen-bond donors (Lipinski definition) is 2. The van der Waals surface area contributed by atoms with Gasteiger partial charge in [-0.25, -0.2) is 4.79 Å². The number of rotatable bonds is 3. The molecule has 2 amide bonds. The summed E-state index contributed by atoms with van der Waals surface area (Å²) in [5.41, 5.74) is 2.41. The number of amides is 2. The third kappa shape index (κ3) is 3.38. The maximum atomic E-state index is 12.5. The summed E-state index contributed by atoms with van der Waals surface area (Å²) >= 11 is 0. The minimum Gasteiger partial charge on any atom is -0.373 e. The smallest absolute Gasteiger partial charge is 0.317 e. The molecule has 4 rings (SSSR count). The fourth-order valence-electron chi connectivity index (χ4n) is 4.18. The number of para-hydroxylation sites is 1. The first-order valence-corrected chi connectivity index (χ1v) is 9.37. The minimum absolute atomic E-state index is 0.0501. The van der Waals surface area contributed by atoms with Gasteiger partial charge in [0, 0.05) is 43.3 Å². The highest BCUT2D eigenvalue weighted by Crippen LogP contribution is 2.33. The number of aromatic nitrogens is 1. The number of nitrogens with one attached hydrogen (secondary N) is 2. The number of carbonyl (C=O) groups is 1. The third-order valence-corrected chi connectivity index (χ3v) is 5.76. The van der Waals surface area contributed by atoms with Crippen LogP contribution in [0.25, 0.3) is 10.9 Å². The molecule has 134 valence electrons. The Morgan fingerprint density at radius 3 is 2.92 bits per heavy atom. The molecule has 25 heavy (non-hydrogen) atoms. The van der Waals surface area contributed by atoms with E-state index in [0.29, 0.717) is 12.5 Å². The SMILES string of the molecule is CC1(CNC(=O)N2CCC(c3c[nH]c4ccccc34)CC2)CCCO1. The Balaban J connectivity index is 1.32. The first-order valence-electron chi connectivity index (χ1n) is 9.37. The lowest BCUT2D eigenvalue weighted by Gasteiger charge is -2.33. The van der Waals surface area contributed by atoms with Crippen molar-refractivity contribution in [1.82, 2.24) is 15.2 Å². The molecular formula is C20H27N3O2. The zero-order chi connectivity index (χ0) is 17.3. The number of H-pyrrole nitrogens is 1. The summed E-state index contributed by atoms with van der Waals surface area (Å²) in [6.45, 7) is 5.13. The maximum Gasteiger partial charge on any atom is 0.317 e. The minimum atomic E-state index is -0.183. The van der Waals surface area contributed by atoms with Crippen molar-refractivity contribution in [2.24, 2.45) is 0 Å². The van der Waals surface area contributed by atoms with Crippen LogP contribution in [0, 0.1) is 0 Å². The first-order chi connectivity index (χ1) is 12.1. The Hall–Kier alpha value is -2.01. The number of likely N-dealkylation sites (tertiary alicyclic amines) is 1. The highest BCUT2D eigenvalue weighted by Gasteiger charge is 2.31. The third-order valence-electron chi connectivity index (χ3n) is 5.76. The van der Waals surface area contributed by atoms with Crippen molar-refractivity contribution in [2.45, 2.75) is 44.1 Å². The summed E-state index contributed by atoms with van der Waals surface area (Å²) in [6.07, 6.45) is 6.29. The fourth-order valence-corrected chi connectivity index (χ4v) is 4.18. The van der Waals surface area contributed by atoms with Crippen LogP contribution in [0.15, 0.2) is 30.5 Å². The lowest BCUT2D eigenvalue weighted by molar-refractivity contribution is 0.0217. The standard InChI is InChI=1S/C20H27N3O2/c1-20(9-4-12-25-20)14-22-19(24)23-10-7-15(8-11-23)17-13-21-18-6-3-2-5-16(17)18/h2-3,5-6,13,15,21H,4,7-12,14H2,1H3,(H,22,24). The van der Waals surface area contributed by atoms with Gasteiger partial charge in [0.2, 0.25) is 0 Å². The van der Waals surface area contributed by atoms with Gasteiger partial charge in [-0.2, -0.15) is 0 Å². The van der Waals surface area contributed by atoms with Gasteiger partial charge >= 0.3 is 6.03 Å². The summed E-state index contributed by atoms with van der Waals surface area (Å²) < 4.78 is 5.75. The van der Waals surface area contributed by atoms with Crippen LogP contribution in [0.5, 0.6) is 0 Å². The van der Waals surface area contributed by atoms with Crippen LogP contribution in [0.2, 0.25) is 0 Å². The van der Waals surface area contributed by atoms with Gasteiger partial charge in [0.25, 0.3) is 0 Å². The fraction of sp³-hybridized carbons (Fsp3) is 0.550. The number of benzene rings is 1. The van der Waals surface area contributed by atoms with Gasteiger partial charge in [0.15, 0.2) is 0 Å². The van der Waals surface area contributed by atoms with Crippen LogP contribution in [0.3, 0.4) is 0 Å². The van der Waals surface area contributed by atoms with Gasteiger partial charge in [0.1, 0.15) is 0 Å². The summed E-state index contributed by atoms with van der Waals surface area (Å²) in [5.74, 6) is 0.524. The van der Waals surface area contributed by atoms with E-state index in [-0.39, 0.29) is 11.6 Å². The molecule has 2 aromatic rings. The van der Waals surface area contributed by atoms with Gasteiger partial charge in [-0.15, -0.1) is 0 Å². The van der Waals surface area contributed by atoms with Crippen LogP contribution < -0.4 is 5.32 Å². The predicted molar refractivity (Wildman–Crippen MR) is 98.8 cm³/mol. The van der Waals surface area contributed by atoms with Crippen LogP contribution >= 0.6 is 0 Å². The lowest BCUT2D eigenvalue weighted by atomic mass is 9.89. The molecule has 1 atom stereocenters. The van der Waals surface area contributed by atoms with E-state index >= 15 is 0 Å². The van der Waals surface area contributed by atoms with Crippen LogP contribution in [0.4, 0.5) is 4.79 Å². The number of carbonyl (C=O) groups excluding carboxylic acids is 1. The number of urea groups is 1. The van der Waals surface area contributed by atoms with Crippen LogP contribution in [-0.2, 0) is 4.74 Å². The van der Waals surface area contributed by atoms with E-state index in [0.717, 1.165) is 45.4 Å². The summed E-state index contributed by atoms with van der Waals surface area (Å²) in [5, 5.41) is 4.39. The molecule has 0 bridgehead atoms. The average Bonchev–Trinajstić information content (AvgIpc) is 3.27. The second-order valence-electron chi connectivity index (χ2n) is 7.61. The van der Waals surface area contributed by atoms with Crippen molar-refractivity contribution in [2.75, 3.05) is 26.2 Å². The molecule has 5 heteroatoms. The molecule has 1 unspecified atom stereocenters. The zero-order valence-corrected chi connectivity index (χ0v) is 14.9. The molecule has 2 aliphatic heterocycles. The molecule has 0 aliphatic carbocycles. The molecule has 2 N–H and O–H groups in total. The summed E-state index contributed by atoms with van der Waals surface area (Å²) in [4.78, 5) is 17.8. The van der Waals surface area contributed by atoms with Crippen LogP contribution in [0.1, 0.15) is 44.1 Å². The summed E-state index contributed by atoms with van der Waals surface area (Å²) in [7, 11) is 0. The van der Waals surface area contributed by atoms with E-state index in [2.05, 4.69) is 47.7 Å². The van der Waals surface area contributed by atoms with Crippen molar-refractivity contribution in [3.05, 3.63) is 36.0 Å². The van der Waals surface area contributed by atoms with Crippen molar-refractivity contribution < 1.29 is 9.53 Å². The predicted octanol–water partition coefficient (Wildman–Crippen LogP) is 3.63. The highest BCUT2D eigenvalue weighted by atomic mass is 16.5. The van der Waals surface area contributed by atoms with E-state index in [4.69, 9.17) is 4.74 Å². The number of fused-ring (bicyclic) bond motifs is 1. The van der Waals surface area contributed by atoms with E-state index in [1.807, 2.05) is 4.90 Å². The largest absolute Gasteiger partial charge is 0.373 e. The molecule has 2 aliphatic rings. The highest BCUT2D eigenvalue weighted by molar-refractivity contribution is 5.83. The van der Waals surface area contributed by atoms with E-state index in [1.165, 1.54) is 16.5 Å². The van der Waals surface area contributed by atoms with Gasteiger partial charge in [-0.05, 0) is 50.2 Å².